The van der Waals surface area contributed by atoms with E-state index in [1.807, 2.05) is 45.0 Å². The molecule has 0 bridgehead atoms. The van der Waals surface area contributed by atoms with E-state index in [4.69, 9.17) is 9.47 Å². The lowest BCUT2D eigenvalue weighted by Gasteiger charge is -2.20. The molecular weight excluding hydrogens is 280 g/mol. The van der Waals surface area contributed by atoms with Crippen LogP contribution < -0.4 is 4.74 Å². The summed E-state index contributed by atoms with van der Waals surface area (Å²) in [5.74, 6) is 0.674. The maximum Gasteiger partial charge on any atom is 0.311 e. The molecule has 0 heterocycles. The highest BCUT2D eigenvalue weighted by atomic mass is 16.6. The highest BCUT2D eigenvalue weighted by Crippen LogP contribution is 2.31. The molecule has 118 valence electrons. The molecule has 0 aliphatic heterocycles. The summed E-state index contributed by atoms with van der Waals surface area (Å²) in [5.41, 5.74) is -0.467. The quantitative estimate of drug-likeness (QED) is 0.649. The second-order valence-corrected chi connectivity index (χ2v) is 5.85. The van der Waals surface area contributed by atoms with E-state index in [0.29, 0.717) is 5.75 Å². The van der Waals surface area contributed by atoms with E-state index in [1.54, 1.807) is 12.1 Å². The van der Waals surface area contributed by atoms with Crippen molar-refractivity contribution in [2.75, 3.05) is 13.2 Å². The minimum Gasteiger partial charge on any atom is -0.507 e. The first-order chi connectivity index (χ1) is 10.5. The van der Waals surface area contributed by atoms with Gasteiger partial charge < -0.3 is 14.6 Å². The van der Waals surface area contributed by atoms with Gasteiger partial charge in [0.1, 0.15) is 24.7 Å². The summed E-state index contributed by atoms with van der Waals surface area (Å²) in [6.07, 6.45) is 0.731. The highest BCUT2D eigenvalue weighted by Gasteiger charge is 2.26. The number of hydrogen-bond acceptors (Lipinski definition) is 4. The standard InChI is InChI=1S/C18H22O4/c1-4-18(2,3)17(20)22-12-11-21-16-10-6-7-13-14(16)8-5-9-15(13)19/h5-10,19H,4,11-12H2,1-3H3. The Kier molecular flexibility index (Phi) is 4.91. The van der Waals surface area contributed by atoms with Gasteiger partial charge in [0.15, 0.2) is 0 Å². The number of rotatable bonds is 6. The topological polar surface area (TPSA) is 55.8 Å². The van der Waals surface area contributed by atoms with Gasteiger partial charge in [-0.1, -0.05) is 31.2 Å². The Bertz CT molecular complexity index is 661. The molecule has 2 rings (SSSR count). The summed E-state index contributed by atoms with van der Waals surface area (Å²) in [4.78, 5) is 11.9. The number of hydrogen-bond donors (Lipinski definition) is 1. The summed E-state index contributed by atoms with van der Waals surface area (Å²) in [5, 5.41) is 11.4. The van der Waals surface area contributed by atoms with Gasteiger partial charge in [0, 0.05) is 10.8 Å². The molecule has 4 nitrogen and oxygen atoms in total. The molecule has 0 saturated carbocycles. The van der Waals surface area contributed by atoms with Crippen LogP contribution in [-0.2, 0) is 9.53 Å². The van der Waals surface area contributed by atoms with Gasteiger partial charge in [0.2, 0.25) is 0 Å². The van der Waals surface area contributed by atoms with E-state index < -0.39 is 5.41 Å². The van der Waals surface area contributed by atoms with Crippen LogP contribution in [0.4, 0.5) is 0 Å². The summed E-state index contributed by atoms with van der Waals surface area (Å²) in [6.45, 7) is 6.17. The van der Waals surface area contributed by atoms with Gasteiger partial charge in [0.05, 0.1) is 5.41 Å². The van der Waals surface area contributed by atoms with E-state index >= 15 is 0 Å². The van der Waals surface area contributed by atoms with Gasteiger partial charge in [-0.15, -0.1) is 0 Å². The van der Waals surface area contributed by atoms with Crippen molar-refractivity contribution < 1.29 is 19.4 Å². The Balaban J connectivity index is 1.96. The first-order valence-electron chi connectivity index (χ1n) is 7.46. The van der Waals surface area contributed by atoms with Crippen LogP contribution in [0.2, 0.25) is 0 Å². The van der Waals surface area contributed by atoms with Crippen molar-refractivity contribution in [3.05, 3.63) is 36.4 Å². The van der Waals surface area contributed by atoms with Crippen LogP contribution >= 0.6 is 0 Å². The fourth-order valence-electron chi connectivity index (χ4n) is 2.02. The molecular formula is C18H22O4. The third-order valence-corrected chi connectivity index (χ3v) is 3.87. The van der Waals surface area contributed by atoms with E-state index in [1.165, 1.54) is 0 Å². The molecule has 0 aliphatic rings. The number of ether oxygens (including phenoxy) is 2. The van der Waals surface area contributed by atoms with Crippen LogP contribution in [0.1, 0.15) is 27.2 Å². The van der Waals surface area contributed by atoms with Crippen molar-refractivity contribution in [3.63, 3.8) is 0 Å². The van der Waals surface area contributed by atoms with Crippen molar-refractivity contribution in [2.24, 2.45) is 5.41 Å². The lowest BCUT2D eigenvalue weighted by Crippen LogP contribution is -2.27. The number of phenolic OH excluding ortho intramolecular Hbond substituents is 1. The van der Waals surface area contributed by atoms with E-state index in [-0.39, 0.29) is 24.9 Å². The summed E-state index contributed by atoms with van der Waals surface area (Å²) in [6, 6.07) is 10.8. The second-order valence-electron chi connectivity index (χ2n) is 5.85. The monoisotopic (exact) mass is 302 g/mol. The fraction of sp³-hybridized carbons (Fsp3) is 0.389. The molecule has 4 heteroatoms. The number of carbonyl (C=O) groups is 1. The van der Waals surface area contributed by atoms with Crippen molar-refractivity contribution in [1.82, 2.24) is 0 Å². The molecule has 0 amide bonds. The second kappa shape index (κ2) is 6.69. The van der Waals surface area contributed by atoms with Crippen molar-refractivity contribution in [1.29, 1.82) is 0 Å². The summed E-state index contributed by atoms with van der Waals surface area (Å²) in [7, 11) is 0. The third kappa shape index (κ3) is 3.50. The highest BCUT2D eigenvalue weighted by molar-refractivity contribution is 5.92. The van der Waals surface area contributed by atoms with Gasteiger partial charge in [0.25, 0.3) is 0 Å². The third-order valence-electron chi connectivity index (χ3n) is 3.87. The van der Waals surface area contributed by atoms with Gasteiger partial charge in [-0.2, -0.15) is 0 Å². The van der Waals surface area contributed by atoms with Crippen LogP contribution in [0.25, 0.3) is 10.8 Å². The maximum atomic E-state index is 11.9. The number of phenols is 1. The first-order valence-corrected chi connectivity index (χ1v) is 7.46. The van der Waals surface area contributed by atoms with Crippen LogP contribution in [-0.4, -0.2) is 24.3 Å². The van der Waals surface area contributed by atoms with E-state index in [2.05, 4.69) is 0 Å². The summed E-state index contributed by atoms with van der Waals surface area (Å²) < 4.78 is 10.9. The number of esters is 1. The molecule has 0 aliphatic carbocycles. The fourth-order valence-corrected chi connectivity index (χ4v) is 2.02. The predicted octanol–water partition coefficient (Wildman–Crippen LogP) is 3.90. The smallest absolute Gasteiger partial charge is 0.311 e. The normalized spacial score (nSPS) is 11.4. The van der Waals surface area contributed by atoms with Gasteiger partial charge in [-0.25, -0.2) is 0 Å². The molecule has 0 aromatic heterocycles. The zero-order chi connectivity index (χ0) is 16.2. The SMILES string of the molecule is CCC(C)(C)C(=O)OCCOc1cccc2c(O)cccc12. The molecule has 2 aromatic carbocycles. The molecule has 22 heavy (non-hydrogen) atoms. The minimum absolute atomic E-state index is 0.206. The van der Waals surface area contributed by atoms with Crippen LogP contribution in [0.3, 0.4) is 0 Å². The van der Waals surface area contributed by atoms with Crippen molar-refractivity contribution in [3.8, 4) is 11.5 Å². The van der Waals surface area contributed by atoms with Crippen LogP contribution in [0, 0.1) is 5.41 Å². The molecule has 0 unspecified atom stereocenters. The Morgan fingerprint density at radius 3 is 2.50 bits per heavy atom. The molecule has 0 radical (unpaired) electrons. The molecule has 2 aromatic rings. The zero-order valence-electron chi connectivity index (χ0n) is 13.3. The zero-order valence-corrected chi connectivity index (χ0v) is 13.3. The van der Waals surface area contributed by atoms with E-state index in [0.717, 1.165) is 17.2 Å². The largest absolute Gasteiger partial charge is 0.507 e. The van der Waals surface area contributed by atoms with E-state index in [9.17, 15) is 9.90 Å². The van der Waals surface area contributed by atoms with Crippen LogP contribution in [0.5, 0.6) is 11.5 Å². The number of carbonyl (C=O) groups excluding carboxylic acids is 1. The van der Waals surface area contributed by atoms with Gasteiger partial charge >= 0.3 is 5.97 Å². The Morgan fingerprint density at radius 2 is 1.77 bits per heavy atom. The van der Waals surface area contributed by atoms with Crippen LogP contribution in [0.15, 0.2) is 36.4 Å². The summed E-state index contributed by atoms with van der Waals surface area (Å²) >= 11 is 0. The number of fused-ring (bicyclic) bond motifs is 1. The first kappa shape index (κ1) is 16.1. The van der Waals surface area contributed by atoms with Crippen molar-refractivity contribution in [2.45, 2.75) is 27.2 Å². The maximum absolute atomic E-state index is 11.9. The Labute approximate surface area is 130 Å². The molecule has 0 atom stereocenters. The predicted molar refractivity (Wildman–Crippen MR) is 86.1 cm³/mol. The average Bonchev–Trinajstić information content (AvgIpc) is 2.52. The van der Waals surface area contributed by atoms with Gasteiger partial charge in [-0.3, -0.25) is 4.79 Å². The molecule has 0 saturated heterocycles. The minimum atomic E-state index is -0.467. The number of benzene rings is 2. The van der Waals surface area contributed by atoms with Gasteiger partial charge in [-0.05, 0) is 32.4 Å². The molecule has 0 spiro atoms. The number of aromatic hydroxyl groups is 1. The lowest BCUT2D eigenvalue weighted by molar-refractivity contribution is -0.154. The Hall–Kier alpha value is -2.23. The average molecular weight is 302 g/mol. The molecule has 0 fully saturated rings. The van der Waals surface area contributed by atoms with Crippen molar-refractivity contribution >= 4 is 16.7 Å². The lowest BCUT2D eigenvalue weighted by atomic mass is 9.91. The molecule has 1 N–H and O–H groups in total. The Morgan fingerprint density at radius 1 is 1.09 bits per heavy atom.